The van der Waals surface area contributed by atoms with Crippen LogP contribution in [0.1, 0.15) is 29.0 Å². The van der Waals surface area contributed by atoms with Crippen molar-refractivity contribution < 1.29 is 13.9 Å². The van der Waals surface area contributed by atoms with Crippen LogP contribution < -0.4 is 10.1 Å². The number of hydrogen-bond donors (Lipinski definition) is 1. The van der Waals surface area contributed by atoms with E-state index in [-0.39, 0.29) is 23.8 Å². The van der Waals surface area contributed by atoms with E-state index in [0.29, 0.717) is 17.2 Å². The minimum absolute atomic E-state index is 0.000956. The summed E-state index contributed by atoms with van der Waals surface area (Å²) in [5, 5.41) is 11.9. The highest BCUT2D eigenvalue weighted by Gasteiger charge is 2.34. The Labute approximate surface area is 145 Å². The molecule has 2 aromatic rings. The van der Waals surface area contributed by atoms with Gasteiger partial charge in [0.15, 0.2) is 0 Å². The number of rotatable bonds is 4. The number of fused-ring (bicyclic) bond motifs is 3. The molecule has 0 aliphatic carbocycles. The number of carbonyl (C=O) groups excluding carboxylic acids is 1. The van der Waals surface area contributed by atoms with E-state index in [4.69, 9.17) is 14.4 Å². The van der Waals surface area contributed by atoms with Crippen LogP contribution >= 0.6 is 0 Å². The number of piperidine rings is 3. The van der Waals surface area contributed by atoms with Crippen LogP contribution in [0.2, 0.25) is 0 Å². The van der Waals surface area contributed by atoms with Gasteiger partial charge in [0.1, 0.15) is 11.8 Å². The first-order chi connectivity index (χ1) is 12.2. The normalized spacial score (nSPS) is 24.5. The van der Waals surface area contributed by atoms with Gasteiger partial charge < -0.3 is 19.4 Å². The van der Waals surface area contributed by atoms with Gasteiger partial charge in [0.05, 0.1) is 6.20 Å². The van der Waals surface area contributed by atoms with Crippen molar-refractivity contribution in [1.82, 2.24) is 15.2 Å². The zero-order chi connectivity index (χ0) is 17.2. The van der Waals surface area contributed by atoms with E-state index < -0.39 is 0 Å². The summed E-state index contributed by atoms with van der Waals surface area (Å²) in [5.74, 6) is 1.11. The number of ether oxygens (including phenoxy) is 1. The highest BCUT2D eigenvalue weighted by Crippen LogP contribution is 2.28. The van der Waals surface area contributed by atoms with E-state index in [9.17, 15) is 4.79 Å². The lowest BCUT2D eigenvalue weighted by atomic mass is 9.84. The zero-order valence-corrected chi connectivity index (χ0v) is 13.6. The molecule has 25 heavy (non-hydrogen) atoms. The van der Waals surface area contributed by atoms with Crippen LogP contribution in [0.25, 0.3) is 0 Å². The van der Waals surface area contributed by atoms with Crippen LogP contribution in [0.3, 0.4) is 0 Å². The first-order valence-corrected chi connectivity index (χ1v) is 8.38. The first kappa shape index (κ1) is 15.7. The Kier molecular flexibility index (Phi) is 4.12. The van der Waals surface area contributed by atoms with Gasteiger partial charge in [0.25, 0.3) is 5.91 Å². The highest BCUT2D eigenvalue weighted by atomic mass is 16.6. The van der Waals surface area contributed by atoms with Crippen molar-refractivity contribution >= 4 is 5.91 Å². The van der Waals surface area contributed by atoms with Crippen LogP contribution in [-0.2, 0) is 0 Å². The molecule has 1 amide bonds. The fourth-order valence-electron chi connectivity index (χ4n) is 3.51. The highest BCUT2D eigenvalue weighted by molar-refractivity contribution is 5.94. The van der Waals surface area contributed by atoms with Crippen LogP contribution in [0, 0.1) is 17.2 Å². The van der Waals surface area contributed by atoms with Crippen LogP contribution in [-0.4, -0.2) is 41.5 Å². The van der Waals surface area contributed by atoms with E-state index in [0.717, 1.165) is 19.6 Å². The molecule has 7 nitrogen and oxygen atoms in total. The molecule has 0 spiro atoms. The predicted octanol–water partition coefficient (Wildman–Crippen LogP) is 2.16. The number of carbonyl (C=O) groups is 1. The van der Waals surface area contributed by atoms with Gasteiger partial charge in [-0.1, -0.05) is 0 Å². The molecular weight excluding hydrogens is 320 g/mol. The molecule has 0 saturated carbocycles. The van der Waals surface area contributed by atoms with Crippen molar-refractivity contribution in [3.63, 3.8) is 0 Å². The number of hydrogen-bond acceptors (Lipinski definition) is 6. The lowest BCUT2D eigenvalue weighted by molar-refractivity contribution is 0.0620. The summed E-state index contributed by atoms with van der Waals surface area (Å²) in [6.45, 7) is 3.25. The summed E-state index contributed by atoms with van der Waals surface area (Å²) in [6.07, 6.45) is 3.63. The van der Waals surface area contributed by atoms with Gasteiger partial charge in [-0.15, -0.1) is 0 Å². The van der Waals surface area contributed by atoms with Gasteiger partial charge >= 0.3 is 6.08 Å². The molecule has 3 saturated heterocycles. The summed E-state index contributed by atoms with van der Waals surface area (Å²) in [7, 11) is 0. The molecule has 3 aliphatic rings. The summed E-state index contributed by atoms with van der Waals surface area (Å²) in [4.78, 5) is 18.7. The smallest absolute Gasteiger partial charge is 0.400 e. The minimum atomic E-state index is -0.0619. The Morgan fingerprint density at radius 2 is 2.08 bits per heavy atom. The van der Waals surface area contributed by atoms with E-state index in [1.165, 1.54) is 19.0 Å². The maximum Gasteiger partial charge on any atom is 0.400 e. The van der Waals surface area contributed by atoms with Gasteiger partial charge in [-0.3, -0.25) is 4.79 Å². The van der Waals surface area contributed by atoms with Crippen LogP contribution in [0.15, 0.2) is 34.9 Å². The summed E-state index contributed by atoms with van der Waals surface area (Å²) >= 11 is 0. The molecule has 3 fully saturated rings. The predicted molar refractivity (Wildman–Crippen MR) is 88.2 cm³/mol. The number of nitriles is 1. The van der Waals surface area contributed by atoms with Gasteiger partial charge in [-0.25, -0.2) is 0 Å². The van der Waals surface area contributed by atoms with Gasteiger partial charge in [0, 0.05) is 18.2 Å². The largest absolute Gasteiger partial charge is 0.411 e. The van der Waals surface area contributed by atoms with Crippen molar-refractivity contribution in [2.24, 2.45) is 5.92 Å². The number of amides is 1. The molecule has 128 valence electrons. The number of aromatic nitrogens is 1. The monoisotopic (exact) mass is 338 g/mol. The van der Waals surface area contributed by atoms with Gasteiger partial charge in [-0.05, 0) is 56.1 Å². The second-order valence-corrected chi connectivity index (χ2v) is 6.45. The first-order valence-electron chi connectivity index (χ1n) is 8.38. The van der Waals surface area contributed by atoms with E-state index in [1.54, 1.807) is 24.3 Å². The van der Waals surface area contributed by atoms with Crippen LogP contribution in [0.4, 0.5) is 0 Å². The average molecular weight is 338 g/mol. The van der Waals surface area contributed by atoms with Crippen molar-refractivity contribution in [1.29, 1.82) is 5.26 Å². The zero-order valence-electron chi connectivity index (χ0n) is 13.6. The Balaban J connectivity index is 1.38. The Bertz CT molecular complexity index is 800. The van der Waals surface area contributed by atoms with Gasteiger partial charge in [-0.2, -0.15) is 10.2 Å². The third kappa shape index (κ3) is 3.35. The molecule has 7 heteroatoms. The van der Waals surface area contributed by atoms with Crippen molar-refractivity contribution in [3.05, 3.63) is 41.8 Å². The van der Waals surface area contributed by atoms with Crippen molar-refractivity contribution in [3.8, 4) is 17.9 Å². The molecule has 1 atom stereocenters. The SMILES string of the molecule is N#Cc1cnc(Oc2ccc(C(=O)N[C@H]3CN4CCC3CC4)cc2)o1. The summed E-state index contributed by atoms with van der Waals surface area (Å²) in [6, 6.07) is 8.86. The maximum absolute atomic E-state index is 12.5. The number of oxazole rings is 1. The summed E-state index contributed by atoms with van der Waals surface area (Å²) < 4.78 is 10.5. The maximum atomic E-state index is 12.5. The molecular formula is C18H18N4O3. The topological polar surface area (TPSA) is 91.4 Å². The van der Waals surface area contributed by atoms with Crippen LogP contribution in [0.5, 0.6) is 11.8 Å². The molecule has 4 heterocycles. The van der Waals surface area contributed by atoms with E-state index in [2.05, 4.69) is 15.2 Å². The molecule has 3 aliphatic heterocycles. The Hall–Kier alpha value is -2.85. The third-order valence-electron chi connectivity index (χ3n) is 4.89. The number of benzene rings is 1. The molecule has 0 unspecified atom stereocenters. The standard InChI is InChI=1S/C18H18N4O3/c19-9-15-10-20-18(25-15)24-14-3-1-13(2-4-14)17(23)21-16-11-22-7-5-12(16)6-8-22/h1-4,10,12,16H,5-8,11H2,(H,21,23)/t16-/m0/s1. The fourth-order valence-corrected chi connectivity index (χ4v) is 3.51. The number of nitrogens with zero attached hydrogens (tertiary/aromatic N) is 3. The van der Waals surface area contributed by atoms with E-state index in [1.807, 2.05) is 6.07 Å². The number of nitrogens with one attached hydrogen (secondary N) is 1. The lowest BCUT2D eigenvalue weighted by Crippen LogP contribution is -2.57. The minimum Gasteiger partial charge on any atom is -0.411 e. The Morgan fingerprint density at radius 3 is 2.68 bits per heavy atom. The quantitative estimate of drug-likeness (QED) is 0.918. The second kappa shape index (κ2) is 6.57. The Morgan fingerprint density at radius 1 is 1.32 bits per heavy atom. The van der Waals surface area contributed by atoms with Gasteiger partial charge in [0.2, 0.25) is 5.76 Å². The second-order valence-electron chi connectivity index (χ2n) is 6.45. The molecule has 5 rings (SSSR count). The van der Waals surface area contributed by atoms with Crippen molar-refractivity contribution in [2.75, 3.05) is 19.6 Å². The fraction of sp³-hybridized carbons (Fsp3) is 0.389. The average Bonchev–Trinajstić information content (AvgIpc) is 3.11. The molecule has 0 radical (unpaired) electrons. The lowest BCUT2D eigenvalue weighted by Gasteiger charge is -2.44. The molecule has 1 N–H and O–H groups in total. The molecule has 2 bridgehead atoms. The third-order valence-corrected chi connectivity index (χ3v) is 4.89. The summed E-state index contributed by atoms with van der Waals surface area (Å²) in [5.41, 5.74) is 0.592. The van der Waals surface area contributed by atoms with Crippen molar-refractivity contribution in [2.45, 2.75) is 18.9 Å². The molecule has 1 aromatic carbocycles. The van der Waals surface area contributed by atoms with E-state index >= 15 is 0 Å². The molecule has 1 aromatic heterocycles.